The third-order valence-corrected chi connectivity index (χ3v) is 10.9. The van der Waals surface area contributed by atoms with Gasteiger partial charge in [0.05, 0.1) is 0 Å². The second kappa shape index (κ2) is 6.18. The van der Waals surface area contributed by atoms with E-state index in [0.717, 1.165) is 59.2 Å². The summed E-state index contributed by atoms with van der Waals surface area (Å²) in [6, 6.07) is 0. The normalized spacial score (nSPS) is 52.6. The molecule has 0 nitrogen and oxygen atoms in total. The zero-order valence-electron chi connectivity index (χ0n) is 18.4. The molecular weight excluding hydrogens is 336 g/mol. The van der Waals surface area contributed by atoms with Gasteiger partial charge in [-0.15, -0.1) is 13.2 Å². The van der Waals surface area contributed by atoms with Gasteiger partial charge in [-0.2, -0.15) is 0 Å². The first-order valence-corrected chi connectivity index (χ1v) is 11.8. The quantitative estimate of drug-likeness (QED) is 0.234. The van der Waals surface area contributed by atoms with Crippen molar-refractivity contribution in [1.29, 1.82) is 0 Å². The third kappa shape index (κ3) is 2.22. The SMILES string of the molecule is C=C.CC1(C)C2CC(C3C4C=CC(C4)C32)C1(C)C.[2HH].[C+]1=CC2C3C=CC(C3)C2C1. The Morgan fingerprint density at radius 2 is 1.25 bits per heavy atom. The van der Waals surface area contributed by atoms with Crippen LogP contribution in [0.4, 0.5) is 0 Å². The molecule has 0 heteroatoms. The molecule has 0 aromatic rings. The summed E-state index contributed by atoms with van der Waals surface area (Å²) in [5.41, 5.74) is 1.13. The molecule has 0 heterocycles. The van der Waals surface area contributed by atoms with Gasteiger partial charge < -0.3 is 0 Å². The van der Waals surface area contributed by atoms with E-state index in [9.17, 15) is 0 Å². The zero-order valence-corrected chi connectivity index (χ0v) is 18.4. The molecule has 0 aromatic carbocycles. The zero-order chi connectivity index (χ0) is 19.8. The first-order valence-electron chi connectivity index (χ1n) is 11.8. The van der Waals surface area contributed by atoms with Gasteiger partial charge in [0.25, 0.3) is 0 Å². The molecule has 7 aliphatic rings. The minimum absolute atomic E-state index is 0. The van der Waals surface area contributed by atoms with Gasteiger partial charge in [0.2, 0.25) is 6.08 Å². The van der Waals surface area contributed by atoms with Crippen molar-refractivity contribution in [3.05, 3.63) is 49.6 Å². The lowest BCUT2D eigenvalue weighted by Gasteiger charge is -2.52. The Morgan fingerprint density at radius 3 is 1.82 bits per heavy atom. The fraction of sp³-hybridized carbons (Fsp3) is 0.714. The molecule has 10 unspecified atom stereocenters. The van der Waals surface area contributed by atoms with Gasteiger partial charge in [0, 0.05) is 13.3 Å². The molecule has 4 saturated carbocycles. The highest BCUT2D eigenvalue weighted by Gasteiger charge is 2.69. The first kappa shape index (κ1) is 18.9. The molecule has 0 aromatic heterocycles. The van der Waals surface area contributed by atoms with Crippen LogP contribution in [0.3, 0.4) is 0 Å². The van der Waals surface area contributed by atoms with E-state index in [1.165, 1.54) is 25.7 Å². The van der Waals surface area contributed by atoms with Crippen LogP contribution in [-0.4, -0.2) is 0 Å². The standard InChI is InChI=1S/C16H24.C10H11.C2H4.H2/c1-15(2)11-8-12(16(15,3)4)14-10-6-5-9(7-10)13(11)14;1-2-9-7-4-5-8(6-7)10(9)3-1;1-2;/h5-6,9-14H,7-8H2,1-4H3;2,4-5,7-10H,3,6H2;1-2H2;1H/q;+1;;/i;;;1+1. The average Bonchev–Trinajstić information content (AvgIpc) is 3.50. The predicted octanol–water partition coefficient (Wildman–Crippen LogP) is 7.36. The van der Waals surface area contributed by atoms with Crippen molar-refractivity contribution in [3.8, 4) is 0 Å². The Labute approximate surface area is 174 Å². The van der Waals surface area contributed by atoms with Crippen LogP contribution in [0.25, 0.3) is 0 Å². The van der Waals surface area contributed by atoms with Gasteiger partial charge in [-0.1, -0.05) is 52.0 Å². The maximum Gasteiger partial charge on any atom is 0.218 e. The van der Waals surface area contributed by atoms with Crippen molar-refractivity contribution in [3.63, 3.8) is 0 Å². The van der Waals surface area contributed by atoms with Gasteiger partial charge in [-0.3, -0.25) is 0 Å². The second-order valence-electron chi connectivity index (χ2n) is 11.8. The monoisotopic (exact) mass is 378 g/mol. The van der Waals surface area contributed by atoms with Crippen molar-refractivity contribution < 1.29 is 1.43 Å². The molecule has 4 fully saturated rings. The molecule has 7 rings (SSSR count). The van der Waals surface area contributed by atoms with Crippen molar-refractivity contribution in [2.75, 3.05) is 0 Å². The summed E-state index contributed by atoms with van der Waals surface area (Å²) < 4.78 is 0. The Hall–Kier alpha value is -1.13. The van der Waals surface area contributed by atoms with Gasteiger partial charge in [-0.05, 0) is 77.4 Å². The fourth-order valence-electron chi connectivity index (χ4n) is 8.96. The molecule has 0 aliphatic heterocycles. The Morgan fingerprint density at radius 1 is 0.750 bits per heavy atom. The highest BCUT2D eigenvalue weighted by Crippen LogP contribution is 2.76. The van der Waals surface area contributed by atoms with E-state index < -0.39 is 0 Å². The lowest BCUT2D eigenvalue weighted by Crippen LogP contribution is -2.47. The van der Waals surface area contributed by atoms with Gasteiger partial charge in [-0.25, -0.2) is 0 Å². The lowest BCUT2D eigenvalue weighted by atomic mass is 9.52. The summed E-state index contributed by atoms with van der Waals surface area (Å²) >= 11 is 0. The number of rotatable bonds is 0. The summed E-state index contributed by atoms with van der Waals surface area (Å²) in [6.07, 6.45) is 21.3. The molecule has 6 bridgehead atoms. The maximum absolute atomic E-state index is 3.36. The first-order chi connectivity index (χ1) is 13.4. The Bertz CT molecular complexity index is 691. The molecule has 0 saturated heterocycles. The van der Waals surface area contributed by atoms with Crippen LogP contribution in [0.5, 0.6) is 0 Å². The lowest BCUT2D eigenvalue weighted by molar-refractivity contribution is -0.0349. The van der Waals surface area contributed by atoms with Gasteiger partial charge in [0.1, 0.15) is 0 Å². The average molecular weight is 379 g/mol. The minimum atomic E-state index is 0. The number of hydrogen-bond acceptors (Lipinski definition) is 0. The van der Waals surface area contributed by atoms with E-state index in [1.807, 2.05) is 0 Å². The molecule has 7 aliphatic carbocycles. The van der Waals surface area contributed by atoms with Crippen molar-refractivity contribution >= 4 is 0 Å². The van der Waals surface area contributed by atoms with Gasteiger partial charge in [0.15, 0.2) is 12.5 Å². The number of hydrogen-bond donors (Lipinski definition) is 0. The van der Waals surface area contributed by atoms with Crippen LogP contribution in [0, 0.1) is 76.1 Å². The molecule has 152 valence electrons. The summed E-state index contributed by atoms with van der Waals surface area (Å²) in [7, 11) is 0. The summed E-state index contributed by atoms with van der Waals surface area (Å²) in [5.74, 6) is 9.71. The summed E-state index contributed by atoms with van der Waals surface area (Å²) in [6.45, 7) is 16.2. The topological polar surface area (TPSA) is 0 Å². The molecule has 0 amide bonds. The molecule has 0 radical (unpaired) electrons. The van der Waals surface area contributed by atoms with Crippen molar-refractivity contribution in [2.24, 2.45) is 70.0 Å². The fourth-order valence-corrected chi connectivity index (χ4v) is 8.96. The van der Waals surface area contributed by atoms with E-state index in [0.29, 0.717) is 10.8 Å². The van der Waals surface area contributed by atoms with Crippen LogP contribution >= 0.6 is 0 Å². The summed E-state index contributed by atoms with van der Waals surface area (Å²) in [4.78, 5) is 0. The molecular formula is C28H41+. The highest BCUT2D eigenvalue weighted by atomic mass is 14.7. The maximum atomic E-state index is 3.36. The molecule has 0 spiro atoms. The highest BCUT2D eigenvalue weighted by molar-refractivity contribution is 5.25. The predicted molar refractivity (Wildman–Crippen MR) is 120 cm³/mol. The van der Waals surface area contributed by atoms with E-state index in [1.54, 1.807) is 0 Å². The number of allylic oxidation sites excluding steroid dienone is 6. The van der Waals surface area contributed by atoms with Crippen LogP contribution < -0.4 is 0 Å². The number of fused-ring (bicyclic) bond motifs is 14. The van der Waals surface area contributed by atoms with E-state index >= 15 is 0 Å². The largest absolute Gasteiger partial charge is 0.218 e. The van der Waals surface area contributed by atoms with E-state index in [-0.39, 0.29) is 1.43 Å². The van der Waals surface area contributed by atoms with Gasteiger partial charge >= 0.3 is 0 Å². The Balaban J connectivity index is 0.000000136. The molecule has 28 heavy (non-hydrogen) atoms. The smallest absolute Gasteiger partial charge is 0.106 e. The second-order valence-corrected chi connectivity index (χ2v) is 11.8. The Kier molecular flexibility index (Phi) is 4.17. The summed E-state index contributed by atoms with van der Waals surface area (Å²) in [5, 5.41) is 0. The van der Waals surface area contributed by atoms with Crippen LogP contribution in [0.1, 0.15) is 54.8 Å². The van der Waals surface area contributed by atoms with E-state index in [4.69, 9.17) is 0 Å². The third-order valence-electron chi connectivity index (χ3n) is 10.9. The van der Waals surface area contributed by atoms with Crippen LogP contribution in [0.15, 0.2) is 43.5 Å². The van der Waals surface area contributed by atoms with Crippen LogP contribution in [-0.2, 0) is 0 Å². The molecule has 10 atom stereocenters. The van der Waals surface area contributed by atoms with Crippen LogP contribution in [0.2, 0.25) is 0 Å². The molecule has 0 N–H and O–H groups in total. The van der Waals surface area contributed by atoms with E-state index in [2.05, 4.69) is 77.3 Å². The van der Waals surface area contributed by atoms with Crippen molar-refractivity contribution in [1.82, 2.24) is 0 Å². The minimum Gasteiger partial charge on any atom is -0.106 e. The van der Waals surface area contributed by atoms with Crippen molar-refractivity contribution in [2.45, 2.75) is 53.4 Å².